The maximum Gasteiger partial charge on any atom is 0.363 e. The van der Waals surface area contributed by atoms with E-state index in [4.69, 9.17) is 4.84 Å². The lowest BCUT2D eigenvalue weighted by Gasteiger charge is -2.12. The SMILES string of the molecule is O=C(ON1C(=O)CCC1=O)c1ccc2[nH]ccc2c1. The predicted octanol–water partition coefficient (Wildman–Crippen LogP) is 1.39. The van der Waals surface area contributed by atoms with Crippen molar-refractivity contribution >= 4 is 28.7 Å². The minimum absolute atomic E-state index is 0.0863. The van der Waals surface area contributed by atoms with Crippen LogP contribution in [0.4, 0.5) is 0 Å². The van der Waals surface area contributed by atoms with E-state index in [1.807, 2.05) is 6.07 Å². The Bertz CT molecular complexity index is 673. The summed E-state index contributed by atoms with van der Waals surface area (Å²) in [5.74, 6) is -1.69. The summed E-state index contributed by atoms with van der Waals surface area (Å²) in [4.78, 5) is 42.4. The lowest BCUT2D eigenvalue weighted by Crippen LogP contribution is -2.32. The van der Waals surface area contributed by atoms with Crippen LogP contribution >= 0.6 is 0 Å². The van der Waals surface area contributed by atoms with Crippen molar-refractivity contribution in [2.45, 2.75) is 12.8 Å². The van der Waals surface area contributed by atoms with Crippen LogP contribution in [0, 0.1) is 0 Å². The normalized spacial score (nSPS) is 15.3. The first kappa shape index (κ1) is 11.5. The van der Waals surface area contributed by atoms with Gasteiger partial charge in [-0.3, -0.25) is 9.59 Å². The van der Waals surface area contributed by atoms with Gasteiger partial charge in [0.2, 0.25) is 0 Å². The number of benzene rings is 1. The Kier molecular flexibility index (Phi) is 2.56. The zero-order valence-electron chi connectivity index (χ0n) is 9.88. The van der Waals surface area contributed by atoms with Gasteiger partial charge in [-0.1, -0.05) is 0 Å². The molecule has 0 unspecified atom stereocenters. The lowest BCUT2D eigenvalue weighted by atomic mass is 10.1. The van der Waals surface area contributed by atoms with Crippen molar-refractivity contribution in [3.63, 3.8) is 0 Å². The molecule has 2 aromatic rings. The minimum Gasteiger partial charge on any atom is -0.361 e. The molecule has 1 aliphatic heterocycles. The summed E-state index contributed by atoms with van der Waals surface area (Å²) in [6, 6.07) is 6.77. The van der Waals surface area contributed by atoms with Crippen molar-refractivity contribution in [1.82, 2.24) is 10.0 Å². The first-order valence-electron chi connectivity index (χ1n) is 5.80. The molecule has 0 radical (unpaired) electrons. The average molecular weight is 258 g/mol. The number of H-pyrrole nitrogens is 1. The molecule has 19 heavy (non-hydrogen) atoms. The van der Waals surface area contributed by atoms with E-state index in [-0.39, 0.29) is 12.8 Å². The van der Waals surface area contributed by atoms with Crippen molar-refractivity contribution in [3.05, 3.63) is 36.0 Å². The number of rotatable bonds is 2. The molecule has 1 saturated heterocycles. The third-order valence-corrected chi connectivity index (χ3v) is 2.97. The lowest BCUT2D eigenvalue weighted by molar-refractivity contribution is -0.172. The molecule has 3 rings (SSSR count). The second-order valence-corrected chi connectivity index (χ2v) is 4.24. The number of imide groups is 1. The third kappa shape index (κ3) is 1.97. The van der Waals surface area contributed by atoms with Gasteiger partial charge in [0.05, 0.1) is 5.56 Å². The van der Waals surface area contributed by atoms with Crippen LogP contribution in [0.3, 0.4) is 0 Å². The van der Waals surface area contributed by atoms with Gasteiger partial charge in [-0.2, -0.15) is 0 Å². The molecule has 2 heterocycles. The second-order valence-electron chi connectivity index (χ2n) is 4.24. The van der Waals surface area contributed by atoms with Gasteiger partial charge in [-0.25, -0.2) is 4.79 Å². The van der Waals surface area contributed by atoms with Gasteiger partial charge in [-0.05, 0) is 24.3 Å². The molecule has 0 atom stereocenters. The van der Waals surface area contributed by atoms with Gasteiger partial charge in [-0.15, -0.1) is 5.06 Å². The number of aromatic amines is 1. The van der Waals surface area contributed by atoms with E-state index >= 15 is 0 Å². The smallest absolute Gasteiger partial charge is 0.361 e. The Morgan fingerprint density at radius 1 is 1.16 bits per heavy atom. The number of carbonyl (C=O) groups excluding carboxylic acids is 3. The molecule has 1 aromatic carbocycles. The molecule has 1 fully saturated rings. The van der Waals surface area contributed by atoms with Crippen LogP contribution in [0.5, 0.6) is 0 Å². The molecule has 2 amide bonds. The van der Waals surface area contributed by atoms with Crippen molar-refractivity contribution in [3.8, 4) is 0 Å². The van der Waals surface area contributed by atoms with Crippen molar-refractivity contribution in [2.75, 3.05) is 0 Å². The highest BCUT2D eigenvalue weighted by Gasteiger charge is 2.33. The number of hydrogen-bond acceptors (Lipinski definition) is 4. The van der Waals surface area contributed by atoms with Crippen LogP contribution in [-0.4, -0.2) is 27.8 Å². The summed E-state index contributed by atoms with van der Waals surface area (Å²) in [5.41, 5.74) is 1.18. The molecule has 0 bridgehead atoms. The Balaban J connectivity index is 1.83. The number of aromatic nitrogens is 1. The molecule has 0 saturated carbocycles. The number of carbonyl (C=O) groups is 3. The zero-order valence-corrected chi connectivity index (χ0v) is 9.88. The highest BCUT2D eigenvalue weighted by atomic mass is 16.7. The molecular formula is C13H10N2O4. The molecular weight excluding hydrogens is 248 g/mol. The van der Waals surface area contributed by atoms with E-state index < -0.39 is 17.8 Å². The first-order valence-corrected chi connectivity index (χ1v) is 5.80. The van der Waals surface area contributed by atoms with Crippen LogP contribution in [-0.2, 0) is 14.4 Å². The Morgan fingerprint density at radius 2 is 1.89 bits per heavy atom. The van der Waals surface area contributed by atoms with E-state index in [0.29, 0.717) is 10.6 Å². The largest absolute Gasteiger partial charge is 0.363 e. The van der Waals surface area contributed by atoms with E-state index in [1.165, 1.54) is 0 Å². The second kappa shape index (κ2) is 4.24. The summed E-state index contributed by atoms with van der Waals surface area (Å²) < 4.78 is 0. The molecule has 1 aliphatic rings. The topological polar surface area (TPSA) is 79.5 Å². The Labute approximate surface area is 107 Å². The van der Waals surface area contributed by atoms with Crippen molar-refractivity contribution in [2.24, 2.45) is 0 Å². The maximum absolute atomic E-state index is 11.9. The summed E-state index contributed by atoms with van der Waals surface area (Å²) in [7, 11) is 0. The number of hydroxylamine groups is 2. The van der Waals surface area contributed by atoms with Crippen LogP contribution in [0.15, 0.2) is 30.5 Å². The zero-order chi connectivity index (χ0) is 13.4. The van der Waals surface area contributed by atoms with Gasteiger partial charge in [0.1, 0.15) is 0 Å². The molecule has 1 aromatic heterocycles. The number of hydrogen-bond donors (Lipinski definition) is 1. The van der Waals surface area contributed by atoms with E-state index in [9.17, 15) is 14.4 Å². The van der Waals surface area contributed by atoms with Crippen LogP contribution in [0.1, 0.15) is 23.2 Å². The maximum atomic E-state index is 11.9. The van der Waals surface area contributed by atoms with Crippen LogP contribution in [0.25, 0.3) is 10.9 Å². The third-order valence-electron chi connectivity index (χ3n) is 2.97. The Hall–Kier alpha value is -2.63. The monoisotopic (exact) mass is 258 g/mol. The number of amides is 2. The van der Waals surface area contributed by atoms with Crippen LogP contribution in [0.2, 0.25) is 0 Å². The summed E-state index contributed by atoms with van der Waals surface area (Å²) >= 11 is 0. The standard InChI is InChI=1S/C13H10N2O4/c16-11-3-4-12(17)15(11)19-13(18)9-1-2-10-8(7-9)5-6-14-10/h1-2,5-7,14H,3-4H2. The number of fused-ring (bicyclic) bond motifs is 1. The van der Waals surface area contributed by atoms with E-state index in [0.717, 1.165) is 10.9 Å². The molecule has 6 nitrogen and oxygen atoms in total. The molecule has 0 spiro atoms. The number of nitrogens with zero attached hydrogens (tertiary/aromatic N) is 1. The highest BCUT2D eigenvalue weighted by Crippen LogP contribution is 2.17. The predicted molar refractivity (Wildman–Crippen MR) is 64.8 cm³/mol. The number of nitrogens with one attached hydrogen (secondary N) is 1. The summed E-state index contributed by atoms with van der Waals surface area (Å²) in [6.07, 6.45) is 1.93. The quantitative estimate of drug-likeness (QED) is 0.825. The van der Waals surface area contributed by atoms with Gasteiger partial charge in [0.25, 0.3) is 11.8 Å². The fourth-order valence-electron chi connectivity index (χ4n) is 1.97. The Morgan fingerprint density at radius 3 is 2.63 bits per heavy atom. The fraction of sp³-hybridized carbons (Fsp3) is 0.154. The molecule has 96 valence electrons. The minimum atomic E-state index is -0.716. The van der Waals surface area contributed by atoms with Crippen molar-refractivity contribution in [1.29, 1.82) is 0 Å². The van der Waals surface area contributed by atoms with E-state index in [2.05, 4.69) is 4.98 Å². The molecule has 0 aliphatic carbocycles. The van der Waals surface area contributed by atoms with Crippen LogP contribution < -0.4 is 0 Å². The van der Waals surface area contributed by atoms with Gasteiger partial charge in [0, 0.05) is 29.9 Å². The fourth-order valence-corrected chi connectivity index (χ4v) is 1.97. The summed E-state index contributed by atoms with van der Waals surface area (Å²) in [5, 5.41) is 1.40. The van der Waals surface area contributed by atoms with Gasteiger partial charge >= 0.3 is 5.97 Å². The molecule has 6 heteroatoms. The van der Waals surface area contributed by atoms with Gasteiger partial charge < -0.3 is 9.82 Å². The highest BCUT2D eigenvalue weighted by molar-refractivity contribution is 6.03. The average Bonchev–Trinajstić information content (AvgIpc) is 2.99. The summed E-state index contributed by atoms with van der Waals surface area (Å²) in [6.45, 7) is 0. The first-order chi connectivity index (χ1) is 9.15. The molecule has 1 N–H and O–H groups in total. The van der Waals surface area contributed by atoms with Crippen molar-refractivity contribution < 1.29 is 19.2 Å². The van der Waals surface area contributed by atoms with Gasteiger partial charge in [0.15, 0.2) is 0 Å². The van der Waals surface area contributed by atoms with E-state index in [1.54, 1.807) is 24.4 Å².